The molecule has 0 aromatic rings. The van der Waals surface area contributed by atoms with Gasteiger partial charge in [0.15, 0.2) is 0 Å². The summed E-state index contributed by atoms with van der Waals surface area (Å²) in [5.74, 6) is 0. The predicted octanol–water partition coefficient (Wildman–Crippen LogP) is -0.0379. The second-order valence-electron chi connectivity index (χ2n) is 2.43. The van der Waals surface area contributed by atoms with Crippen molar-refractivity contribution in [2.75, 3.05) is 27.4 Å². The third kappa shape index (κ3) is 5.31. The summed E-state index contributed by atoms with van der Waals surface area (Å²) in [6.45, 7) is -0.0841. The number of hydrogen-bond donors (Lipinski definition) is 2. The highest BCUT2D eigenvalue weighted by atomic mass is 31.2. The first-order chi connectivity index (χ1) is 6.41. The molecule has 0 bridgehead atoms. The van der Waals surface area contributed by atoms with Crippen LogP contribution in [0.2, 0.25) is 0 Å². The molecule has 14 heavy (non-hydrogen) atoms. The summed E-state index contributed by atoms with van der Waals surface area (Å²) in [6, 6.07) is 0. The standard InChI is InChI=1S/C6H13O7P/c1-11-3-5(12-2)4-13-6(7)14(8,9)10/h5H,3-4H2,1-2H3,(H2,8,9,10). The van der Waals surface area contributed by atoms with E-state index in [1.807, 2.05) is 0 Å². The Morgan fingerprint density at radius 2 is 1.93 bits per heavy atom. The Hall–Kier alpha value is -0.460. The summed E-state index contributed by atoms with van der Waals surface area (Å²) in [6.07, 6.45) is -0.532. The lowest BCUT2D eigenvalue weighted by Crippen LogP contribution is -2.25. The van der Waals surface area contributed by atoms with Crippen LogP contribution >= 0.6 is 7.60 Å². The van der Waals surface area contributed by atoms with Crippen LogP contribution in [-0.4, -0.2) is 49.0 Å². The summed E-state index contributed by atoms with van der Waals surface area (Å²) in [5, 5.41) is 0. The van der Waals surface area contributed by atoms with E-state index in [0.29, 0.717) is 0 Å². The molecular weight excluding hydrogens is 215 g/mol. The molecule has 0 saturated heterocycles. The topological polar surface area (TPSA) is 102 Å². The van der Waals surface area contributed by atoms with Crippen LogP contribution in [0.25, 0.3) is 0 Å². The molecule has 0 heterocycles. The molecule has 0 aromatic heterocycles. The first kappa shape index (κ1) is 13.5. The van der Waals surface area contributed by atoms with E-state index in [1.165, 1.54) is 14.2 Å². The molecule has 0 spiro atoms. The maximum Gasteiger partial charge on any atom is 0.433 e. The Morgan fingerprint density at radius 1 is 1.36 bits per heavy atom. The highest BCUT2D eigenvalue weighted by molar-refractivity contribution is 7.69. The van der Waals surface area contributed by atoms with Crippen molar-refractivity contribution in [2.45, 2.75) is 6.10 Å². The van der Waals surface area contributed by atoms with Crippen LogP contribution in [0.15, 0.2) is 0 Å². The fourth-order valence-electron chi connectivity index (χ4n) is 0.618. The molecule has 0 rings (SSSR count). The quantitative estimate of drug-likeness (QED) is 0.615. The minimum absolute atomic E-state index is 0.172. The first-order valence-electron chi connectivity index (χ1n) is 3.66. The smallest absolute Gasteiger partial charge is 0.433 e. The fourth-order valence-corrected chi connectivity index (χ4v) is 0.861. The highest BCUT2D eigenvalue weighted by Crippen LogP contribution is 2.36. The zero-order chi connectivity index (χ0) is 11.2. The van der Waals surface area contributed by atoms with Crippen LogP contribution in [0.3, 0.4) is 0 Å². The van der Waals surface area contributed by atoms with Gasteiger partial charge in [0.05, 0.1) is 6.61 Å². The third-order valence-corrected chi connectivity index (χ3v) is 1.92. The van der Waals surface area contributed by atoms with Gasteiger partial charge in [0.1, 0.15) is 12.7 Å². The lowest BCUT2D eigenvalue weighted by molar-refractivity contribution is -0.00801. The van der Waals surface area contributed by atoms with Crippen LogP contribution in [-0.2, 0) is 18.8 Å². The second-order valence-corrected chi connectivity index (χ2v) is 3.89. The molecule has 0 aliphatic carbocycles. The molecule has 7 nitrogen and oxygen atoms in total. The second kappa shape index (κ2) is 6.10. The molecule has 0 amide bonds. The number of carbonyl (C=O) groups excluding carboxylic acids is 1. The van der Waals surface area contributed by atoms with E-state index in [1.54, 1.807) is 0 Å². The SMILES string of the molecule is COCC(COC(=O)P(=O)(O)O)OC. The Labute approximate surface area is 81.1 Å². The van der Waals surface area contributed by atoms with Crippen molar-refractivity contribution in [1.29, 1.82) is 0 Å². The van der Waals surface area contributed by atoms with Crippen molar-refractivity contribution in [3.63, 3.8) is 0 Å². The molecule has 8 heteroatoms. The molecule has 1 unspecified atom stereocenters. The number of ether oxygens (including phenoxy) is 3. The van der Waals surface area contributed by atoms with Crippen molar-refractivity contribution in [1.82, 2.24) is 0 Å². The summed E-state index contributed by atoms with van der Waals surface area (Å²) >= 11 is 0. The molecule has 0 fully saturated rings. The summed E-state index contributed by atoms with van der Waals surface area (Å²) in [7, 11) is -2.00. The normalized spacial score (nSPS) is 13.7. The molecule has 0 aliphatic heterocycles. The van der Waals surface area contributed by atoms with Crippen LogP contribution < -0.4 is 0 Å². The Kier molecular flexibility index (Phi) is 5.90. The molecule has 0 aliphatic rings. The first-order valence-corrected chi connectivity index (χ1v) is 5.27. The van der Waals surface area contributed by atoms with E-state index in [0.717, 1.165) is 0 Å². The van der Waals surface area contributed by atoms with E-state index < -0.39 is 19.4 Å². The van der Waals surface area contributed by atoms with Gasteiger partial charge in [-0.3, -0.25) is 0 Å². The van der Waals surface area contributed by atoms with Gasteiger partial charge in [-0.1, -0.05) is 0 Å². The zero-order valence-electron chi connectivity index (χ0n) is 7.87. The Bertz CT molecular complexity index is 222. The summed E-state index contributed by atoms with van der Waals surface area (Å²) < 4.78 is 24.1. The number of carbonyl (C=O) groups is 1. The van der Waals surface area contributed by atoms with Crippen LogP contribution in [0.4, 0.5) is 4.79 Å². The van der Waals surface area contributed by atoms with Gasteiger partial charge < -0.3 is 24.0 Å². The van der Waals surface area contributed by atoms with Crippen LogP contribution in [0.5, 0.6) is 0 Å². The van der Waals surface area contributed by atoms with Crippen molar-refractivity contribution < 1.29 is 33.4 Å². The number of methoxy groups -OCH3 is 2. The number of hydrogen-bond acceptors (Lipinski definition) is 5. The van der Waals surface area contributed by atoms with E-state index in [9.17, 15) is 9.36 Å². The third-order valence-electron chi connectivity index (χ3n) is 1.32. The molecule has 0 radical (unpaired) electrons. The van der Waals surface area contributed by atoms with E-state index in [-0.39, 0.29) is 13.2 Å². The Morgan fingerprint density at radius 3 is 2.29 bits per heavy atom. The fraction of sp³-hybridized carbons (Fsp3) is 0.833. The molecule has 84 valence electrons. The van der Waals surface area contributed by atoms with Crippen LogP contribution in [0, 0.1) is 0 Å². The monoisotopic (exact) mass is 228 g/mol. The lowest BCUT2D eigenvalue weighted by Gasteiger charge is -2.14. The molecular formula is C6H13O7P. The Balaban J connectivity index is 3.92. The largest absolute Gasteiger partial charge is 0.454 e. The van der Waals surface area contributed by atoms with Gasteiger partial charge in [-0.2, -0.15) is 0 Å². The number of rotatable bonds is 6. The minimum Gasteiger partial charge on any atom is -0.454 e. The predicted molar refractivity (Wildman–Crippen MR) is 46.1 cm³/mol. The maximum absolute atomic E-state index is 10.6. The van der Waals surface area contributed by atoms with Crippen molar-refractivity contribution >= 4 is 13.3 Å². The van der Waals surface area contributed by atoms with Gasteiger partial charge in [0.2, 0.25) is 0 Å². The molecule has 0 aromatic carbocycles. The van der Waals surface area contributed by atoms with Gasteiger partial charge in [0, 0.05) is 14.2 Å². The summed E-state index contributed by atoms with van der Waals surface area (Å²) in [5.41, 5.74) is -1.56. The van der Waals surface area contributed by atoms with Gasteiger partial charge in [-0.15, -0.1) is 0 Å². The van der Waals surface area contributed by atoms with Gasteiger partial charge in [0.25, 0.3) is 0 Å². The van der Waals surface area contributed by atoms with Crippen molar-refractivity contribution in [3.8, 4) is 0 Å². The van der Waals surface area contributed by atoms with E-state index >= 15 is 0 Å². The van der Waals surface area contributed by atoms with Gasteiger partial charge in [-0.05, 0) is 0 Å². The lowest BCUT2D eigenvalue weighted by atomic mass is 10.4. The van der Waals surface area contributed by atoms with Gasteiger partial charge >= 0.3 is 13.3 Å². The molecule has 2 N–H and O–H groups in total. The van der Waals surface area contributed by atoms with Gasteiger partial charge in [-0.25, -0.2) is 9.36 Å². The van der Waals surface area contributed by atoms with E-state index in [4.69, 9.17) is 19.3 Å². The molecule has 0 saturated carbocycles. The zero-order valence-corrected chi connectivity index (χ0v) is 8.77. The highest BCUT2D eigenvalue weighted by Gasteiger charge is 2.28. The van der Waals surface area contributed by atoms with Crippen molar-refractivity contribution in [3.05, 3.63) is 0 Å². The van der Waals surface area contributed by atoms with Crippen LogP contribution in [0.1, 0.15) is 0 Å². The average Bonchev–Trinajstić information content (AvgIpc) is 2.10. The van der Waals surface area contributed by atoms with E-state index in [2.05, 4.69) is 4.74 Å². The average molecular weight is 228 g/mol. The maximum atomic E-state index is 10.6. The minimum atomic E-state index is -4.80. The summed E-state index contributed by atoms with van der Waals surface area (Å²) in [4.78, 5) is 27.3. The van der Waals surface area contributed by atoms with Crippen molar-refractivity contribution in [2.24, 2.45) is 0 Å². The molecule has 1 atom stereocenters.